The second kappa shape index (κ2) is 4.33. The van der Waals surface area contributed by atoms with Crippen LogP contribution in [0.5, 0.6) is 0 Å². The highest BCUT2D eigenvalue weighted by atomic mass is 15.3. The van der Waals surface area contributed by atoms with Crippen molar-refractivity contribution in [2.75, 3.05) is 0 Å². The summed E-state index contributed by atoms with van der Waals surface area (Å²) in [5.74, 6) is 2.43. The highest BCUT2D eigenvalue weighted by Crippen LogP contribution is 2.31. The molecule has 3 nitrogen and oxygen atoms in total. The van der Waals surface area contributed by atoms with Crippen LogP contribution in [0, 0.1) is 23.2 Å². The van der Waals surface area contributed by atoms with E-state index in [1.165, 1.54) is 31.4 Å². The lowest BCUT2D eigenvalue weighted by Crippen LogP contribution is -2.36. The maximum absolute atomic E-state index is 7.62. The smallest absolute Gasteiger partial charge is 0.117 e. The van der Waals surface area contributed by atoms with Gasteiger partial charge in [0, 0.05) is 11.6 Å². The molecule has 0 saturated heterocycles. The molecule has 3 heteroatoms. The van der Waals surface area contributed by atoms with Crippen LogP contribution in [0.25, 0.3) is 0 Å². The summed E-state index contributed by atoms with van der Waals surface area (Å²) in [5, 5.41) is 12.0. The van der Waals surface area contributed by atoms with Gasteiger partial charge in [0.25, 0.3) is 0 Å². The summed E-state index contributed by atoms with van der Waals surface area (Å²) in [5.41, 5.74) is 4.18. The predicted octanol–water partition coefficient (Wildman–Crippen LogP) is 2.78. The summed E-state index contributed by atoms with van der Waals surface area (Å²) < 4.78 is 0. The zero-order chi connectivity index (χ0) is 10.8. The van der Waals surface area contributed by atoms with E-state index in [1.807, 2.05) is 0 Å². The average molecular weight is 207 g/mol. The normalized spacial score (nSPS) is 37.1. The van der Waals surface area contributed by atoms with Crippen LogP contribution in [0.1, 0.15) is 46.0 Å². The van der Waals surface area contributed by atoms with E-state index in [-0.39, 0.29) is 0 Å². The summed E-state index contributed by atoms with van der Waals surface area (Å²) in [7, 11) is 0. The fraction of sp³-hybridized carbons (Fsp3) is 0.833. The number of nitrogens with one attached hydrogen (secondary N) is 2. The molecule has 3 unspecified atom stereocenters. The zero-order valence-corrected chi connectivity index (χ0v) is 9.71. The van der Waals surface area contributed by atoms with E-state index in [0.717, 1.165) is 12.3 Å². The molecule has 0 bridgehead atoms. The fourth-order valence-electron chi connectivity index (χ4n) is 2.70. The van der Waals surface area contributed by atoms with Crippen molar-refractivity contribution in [3.63, 3.8) is 0 Å². The average Bonchev–Trinajstić information content (AvgIpc) is 2.22. The van der Waals surface area contributed by atoms with Crippen LogP contribution in [0.15, 0.2) is 5.10 Å². The van der Waals surface area contributed by atoms with Crippen LogP contribution in [-0.2, 0) is 0 Å². The number of hydrazone groups is 1. The molecule has 2 rings (SSSR count). The number of rotatable bonds is 1. The third kappa shape index (κ3) is 2.39. The molecule has 0 aromatic heterocycles. The van der Waals surface area contributed by atoms with Crippen molar-refractivity contribution in [1.29, 1.82) is 5.41 Å². The van der Waals surface area contributed by atoms with E-state index < -0.39 is 0 Å². The summed E-state index contributed by atoms with van der Waals surface area (Å²) in [6.45, 7) is 4.45. The fourth-order valence-corrected chi connectivity index (χ4v) is 2.70. The van der Waals surface area contributed by atoms with Crippen LogP contribution in [0.2, 0.25) is 0 Å². The van der Waals surface area contributed by atoms with Crippen LogP contribution in [0.3, 0.4) is 0 Å². The van der Waals surface area contributed by atoms with Crippen molar-refractivity contribution < 1.29 is 0 Å². The Labute approximate surface area is 91.8 Å². The Morgan fingerprint density at radius 3 is 2.80 bits per heavy atom. The molecule has 3 atom stereocenters. The first-order chi connectivity index (χ1) is 7.16. The summed E-state index contributed by atoms with van der Waals surface area (Å²) in [6, 6.07) is 0. The largest absolute Gasteiger partial charge is 0.287 e. The second-order valence-electron chi connectivity index (χ2n) is 5.20. The van der Waals surface area contributed by atoms with E-state index in [9.17, 15) is 0 Å². The maximum atomic E-state index is 7.62. The van der Waals surface area contributed by atoms with E-state index in [4.69, 9.17) is 5.41 Å². The Hall–Kier alpha value is -0.860. The molecule has 84 valence electrons. The third-order valence-electron chi connectivity index (χ3n) is 3.74. The van der Waals surface area contributed by atoms with Crippen LogP contribution < -0.4 is 5.43 Å². The van der Waals surface area contributed by atoms with E-state index in [0.29, 0.717) is 17.7 Å². The van der Waals surface area contributed by atoms with Gasteiger partial charge >= 0.3 is 0 Å². The van der Waals surface area contributed by atoms with Gasteiger partial charge in [-0.2, -0.15) is 5.10 Å². The molecule has 1 fully saturated rings. The molecular formula is C12H21N3. The highest BCUT2D eigenvalue weighted by Gasteiger charge is 2.27. The minimum Gasteiger partial charge on any atom is -0.287 e. The lowest BCUT2D eigenvalue weighted by atomic mass is 9.78. The molecule has 1 saturated carbocycles. The SMILES string of the molecule is CC1CCCC(C2=NNC(=N)C(C)C2)C1. The van der Waals surface area contributed by atoms with Gasteiger partial charge in [-0.05, 0) is 31.1 Å². The predicted molar refractivity (Wildman–Crippen MR) is 63.2 cm³/mol. The highest BCUT2D eigenvalue weighted by molar-refractivity contribution is 5.96. The quantitative estimate of drug-likeness (QED) is 0.682. The Kier molecular flexibility index (Phi) is 3.08. The lowest BCUT2D eigenvalue weighted by molar-refractivity contribution is 0.334. The van der Waals surface area contributed by atoms with Crippen LogP contribution in [0.4, 0.5) is 0 Å². The van der Waals surface area contributed by atoms with Crippen molar-refractivity contribution in [2.24, 2.45) is 22.9 Å². The Balaban J connectivity index is 2.01. The molecule has 0 amide bonds. The molecule has 2 N–H and O–H groups in total. The van der Waals surface area contributed by atoms with Crippen molar-refractivity contribution in [2.45, 2.75) is 46.0 Å². The monoisotopic (exact) mass is 207 g/mol. The minimum absolute atomic E-state index is 0.328. The van der Waals surface area contributed by atoms with Gasteiger partial charge in [0.05, 0.1) is 0 Å². The van der Waals surface area contributed by atoms with Gasteiger partial charge in [-0.1, -0.05) is 26.7 Å². The van der Waals surface area contributed by atoms with Gasteiger partial charge in [0.1, 0.15) is 5.84 Å². The van der Waals surface area contributed by atoms with Crippen molar-refractivity contribution in [3.8, 4) is 0 Å². The molecule has 1 heterocycles. The molecule has 0 spiro atoms. The molecule has 0 aromatic carbocycles. The third-order valence-corrected chi connectivity index (χ3v) is 3.74. The lowest BCUT2D eigenvalue weighted by Gasteiger charge is -2.31. The van der Waals surface area contributed by atoms with Crippen molar-refractivity contribution >= 4 is 11.5 Å². The van der Waals surface area contributed by atoms with E-state index in [2.05, 4.69) is 24.4 Å². The number of amidine groups is 1. The van der Waals surface area contributed by atoms with Crippen LogP contribution >= 0.6 is 0 Å². The van der Waals surface area contributed by atoms with E-state index in [1.54, 1.807) is 0 Å². The summed E-state index contributed by atoms with van der Waals surface area (Å²) >= 11 is 0. The van der Waals surface area contributed by atoms with Crippen molar-refractivity contribution in [1.82, 2.24) is 5.43 Å². The summed E-state index contributed by atoms with van der Waals surface area (Å²) in [4.78, 5) is 0. The topological polar surface area (TPSA) is 48.2 Å². The number of hydrogen-bond acceptors (Lipinski definition) is 2. The summed E-state index contributed by atoms with van der Waals surface area (Å²) in [6.07, 6.45) is 6.30. The standard InChI is InChI=1S/C12H21N3/c1-8-4-3-5-10(6-8)11-7-9(2)12(13)15-14-11/h8-10H,3-7H2,1-2H3,(H2,13,15). The van der Waals surface area contributed by atoms with Gasteiger partial charge in [-0.25, -0.2) is 0 Å². The second-order valence-corrected chi connectivity index (χ2v) is 5.20. The number of hydrogen-bond donors (Lipinski definition) is 2. The van der Waals surface area contributed by atoms with Gasteiger partial charge in [0.15, 0.2) is 0 Å². The van der Waals surface area contributed by atoms with Crippen LogP contribution in [-0.4, -0.2) is 11.5 Å². The molecule has 2 aliphatic rings. The molecule has 15 heavy (non-hydrogen) atoms. The van der Waals surface area contributed by atoms with Gasteiger partial charge in [-0.3, -0.25) is 10.8 Å². The molecule has 0 aromatic rings. The number of nitrogens with zero attached hydrogens (tertiary/aromatic N) is 1. The van der Waals surface area contributed by atoms with Gasteiger partial charge in [-0.15, -0.1) is 0 Å². The van der Waals surface area contributed by atoms with Crippen molar-refractivity contribution in [3.05, 3.63) is 0 Å². The first-order valence-corrected chi connectivity index (χ1v) is 6.07. The van der Waals surface area contributed by atoms with Gasteiger partial charge < -0.3 is 0 Å². The zero-order valence-electron chi connectivity index (χ0n) is 9.71. The molecule has 0 radical (unpaired) electrons. The molecule has 1 aliphatic carbocycles. The Morgan fingerprint density at radius 1 is 1.33 bits per heavy atom. The maximum Gasteiger partial charge on any atom is 0.117 e. The van der Waals surface area contributed by atoms with E-state index >= 15 is 0 Å². The first kappa shape index (κ1) is 10.7. The Morgan fingerprint density at radius 2 is 2.13 bits per heavy atom. The molecule has 1 aliphatic heterocycles. The Bertz CT molecular complexity index is 283. The molecular weight excluding hydrogens is 186 g/mol. The van der Waals surface area contributed by atoms with Gasteiger partial charge in [0.2, 0.25) is 0 Å². The first-order valence-electron chi connectivity index (χ1n) is 6.07. The minimum atomic E-state index is 0.328.